The number of nitrogens with one attached hydrogen (secondary N) is 1. The summed E-state index contributed by atoms with van der Waals surface area (Å²) in [5.41, 5.74) is 1.09. The second kappa shape index (κ2) is 8.85. The molecular weight excluding hydrogens is 281 g/mol. The molecule has 0 fully saturated rings. The van der Waals surface area contributed by atoms with Crippen molar-refractivity contribution in [2.45, 2.75) is 24.2 Å². The van der Waals surface area contributed by atoms with Crippen LogP contribution in [-0.4, -0.2) is 18.8 Å². The van der Waals surface area contributed by atoms with Gasteiger partial charge in [0.2, 0.25) is 0 Å². The summed E-state index contributed by atoms with van der Waals surface area (Å²) in [6.45, 7) is 3.94. The van der Waals surface area contributed by atoms with Crippen LogP contribution in [0.2, 0.25) is 0 Å². The Morgan fingerprint density at radius 3 is 2.62 bits per heavy atom. The van der Waals surface area contributed by atoms with Crippen LogP contribution in [0.3, 0.4) is 0 Å². The summed E-state index contributed by atoms with van der Waals surface area (Å²) in [5, 5.41) is 3.38. The SMILES string of the molecule is CCNCC(CCSc1ccccc1)c1cccc(F)c1. The quantitative estimate of drug-likeness (QED) is 0.709. The van der Waals surface area contributed by atoms with Crippen LogP contribution >= 0.6 is 11.8 Å². The van der Waals surface area contributed by atoms with Crippen molar-refractivity contribution in [1.82, 2.24) is 5.32 Å². The van der Waals surface area contributed by atoms with Crippen molar-refractivity contribution in [3.8, 4) is 0 Å². The molecule has 0 aliphatic rings. The fourth-order valence-electron chi connectivity index (χ4n) is 2.30. The van der Waals surface area contributed by atoms with Gasteiger partial charge in [-0.05, 0) is 54.5 Å². The lowest BCUT2D eigenvalue weighted by Crippen LogP contribution is -2.21. The molecule has 0 saturated heterocycles. The molecule has 0 bridgehead atoms. The van der Waals surface area contributed by atoms with E-state index in [2.05, 4.69) is 36.5 Å². The first-order chi connectivity index (χ1) is 10.3. The summed E-state index contributed by atoms with van der Waals surface area (Å²) in [5.74, 6) is 1.25. The van der Waals surface area contributed by atoms with Crippen molar-refractivity contribution in [1.29, 1.82) is 0 Å². The average Bonchev–Trinajstić information content (AvgIpc) is 2.51. The number of hydrogen-bond acceptors (Lipinski definition) is 2. The molecule has 21 heavy (non-hydrogen) atoms. The monoisotopic (exact) mass is 303 g/mol. The Labute approximate surface area is 131 Å². The molecule has 0 aliphatic heterocycles. The van der Waals surface area contributed by atoms with Crippen LogP contribution in [0.15, 0.2) is 59.5 Å². The molecule has 1 atom stereocenters. The van der Waals surface area contributed by atoms with E-state index in [0.29, 0.717) is 5.92 Å². The van der Waals surface area contributed by atoms with Crippen LogP contribution in [0.5, 0.6) is 0 Å². The van der Waals surface area contributed by atoms with Gasteiger partial charge < -0.3 is 5.32 Å². The first-order valence-corrected chi connectivity index (χ1v) is 8.42. The molecule has 112 valence electrons. The second-order valence-corrected chi connectivity index (χ2v) is 6.18. The molecule has 0 amide bonds. The van der Waals surface area contributed by atoms with Crippen LogP contribution in [0.4, 0.5) is 4.39 Å². The van der Waals surface area contributed by atoms with Crippen LogP contribution in [0.1, 0.15) is 24.8 Å². The van der Waals surface area contributed by atoms with Gasteiger partial charge in [0.15, 0.2) is 0 Å². The van der Waals surface area contributed by atoms with Crippen molar-refractivity contribution < 1.29 is 4.39 Å². The maximum Gasteiger partial charge on any atom is 0.123 e. The van der Waals surface area contributed by atoms with Crippen LogP contribution in [0.25, 0.3) is 0 Å². The third-order valence-corrected chi connectivity index (χ3v) is 4.48. The first kappa shape index (κ1) is 16.1. The maximum atomic E-state index is 13.4. The van der Waals surface area contributed by atoms with Gasteiger partial charge in [0.05, 0.1) is 0 Å². The Balaban J connectivity index is 1.93. The lowest BCUT2D eigenvalue weighted by atomic mass is 9.96. The van der Waals surface area contributed by atoms with Gasteiger partial charge in [-0.2, -0.15) is 0 Å². The minimum Gasteiger partial charge on any atom is -0.316 e. The lowest BCUT2D eigenvalue weighted by Gasteiger charge is -2.17. The Kier molecular flexibility index (Phi) is 6.77. The molecule has 1 unspecified atom stereocenters. The van der Waals surface area contributed by atoms with E-state index in [1.165, 1.54) is 11.0 Å². The van der Waals surface area contributed by atoms with Gasteiger partial charge in [-0.3, -0.25) is 0 Å². The van der Waals surface area contributed by atoms with Gasteiger partial charge in [-0.25, -0.2) is 4.39 Å². The van der Waals surface area contributed by atoms with Crippen molar-refractivity contribution in [2.75, 3.05) is 18.8 Å². The van der Waals surface area contributed by atoms with Crippen molar-refractivity contribution in [3.05, 3.63) is 66.0 Å². The zero-order valence-electron chi connectivity index (χ0n) is 12.4. The third kappa shape index (κ3) is 5.52. The Bertz CT molecular complexity index is 530. The smallest absolute Gasteiger partial charge is 0.123 e. The predicted octanol–water partition coefficient (Wildman–Crippen LogP) is 4.70. The number of hydrogen-bond donors (Lipinski definition) is 1. The average molecular weight is 303 g/mol. The highest BCUT2D eigenvalue weighted by molar-refractivity contribution is 7.99. The topological polar surface area (TPSA) is 12.0 Å². The summed E-state index contributed by atoms with van der Waals surface area (Å²) < 4.78 is 13.4. The Morgan fingerprint density at radius 2 is 1.90 bits per heavy atom. The molecule has 2 aromatic carbocycles. The fraction of sp³-hybridized carbons (Fsp3) is 0.333. The third-order valence-electron chi connectivity index (χ3n) is 3.44. The van der Waals surface area contributed by atoms with Crippen LogP contribution in [0, 0.1) is 5.82 Å². The summed E-state index contributed by atoms with van der Waals surface area (Å²) in [4.78, 5) is 1.29. The van der Waals surface area contributed by atoms with Gasteiger partial charge in [0.1, 0.15) is 5.82 Å². The number of likely N-dealkylation sites (N-methyl/N-ethyl adjacent to an activating group) is 1. The molecule has 3 heteroatoms. The Hall–Kier alpha value is -1.32. The first-order valence-electron chi connectivity index (χ1n) is 7.43. The van der Waals surface area contributed by atoms with E-state index in [9.17, 15) is 4.39 Å². The summed E-state index contributed by atoms with van der Waals surface area (Å²) in [7, 11) is 0. The van der Waals surface area contributed by atoms with E-state index < -0.39 is 0 Å². The number of halogens is 1. The van der Waals surface area contributed by atoms with E-state index >= 15 is 0 Å². The molecule has 1 nitrogen and oxygen atoms in total. The van der Waals surface area contributed by atoms with Crippen LogP contribution < -0.4 is 5.32 Å². The molecule has 0 radical (unpaired) electrons. The predicted molar refractivity (Wildman–Crippen MR) is 89.5 cm³/mol. The normalized spacial score (nSPS) is 12.3. The zero-order chi connectivity index (χ0) is 14.9. The maximum absolute atomic E-state index is 13.4. The van der Waals surface area contributed by atoms with Crippen molar-refractivity contribution >= 4 is 11.8 Å². The highest BCUT2D eigenvalue weighted by Gasteiger charge is 2.12. The Morgan fingerprint density at radius 1 is 1.10 bits per heavy atom. The second-order valence-electron chi connectivity index (χ2n) is 5.01. The van der Waals surface area contributed by atoms with Crippen molar-refractivity contribution in [2.24, 2.45) is 0 Å². The van der Waals surface area contributed by atoms with Gasteiger partial charge in [-0.15, -0.1) is 11.8 Å². The molecular formula is C18H22FNS. The van der Waals surface area contributed by atoms with E-state index in [4.69, 9.17) is 0 Å². The van der Waals surface area contributed by atoms with E-state index in [0.717, 1.165) is 30.8 Å². The standard InChI is InChI=1S/C18H22FNS/c1-2-20-14-16(15-7-6-8-17(19)13-15)11-12-21-18-9-4-3-5-10-18/h3-10,13,16,20H,2,11-12,14H2,1H3. The minimum absolute atomic E-state index is 0.148. The molecule has 0 aromatic heterocycles. The highest BCUT2D eigenvalue weighted by Crippen LogP contribution is 2.25. The van der Waals surface area contributed by atoms with Gasteiger partial charge in [-0.1, -0.05) is 37.3 Å². The zero-order valence-corrected chi connectivity index (χ0v) is 13.2. The number of rotatable bonds is 8. The molecule has 2 aromatic rings. The minimum atomic E-state index is -0.148. The molecule has 0 heterocycles. The number of thioether (sulfide) groups is 1. The highest BCUT2D eigenvalue weighted by atomic mass is 32.2. The van der Waals surface area contributed by atoms with Gasteiger partial charge >= 0.3 is 0 Å². The van der Waals surface area contributed by atoms with Gasteiger partial charge in [0, 0.05) is 11.4 Å². The molecule has 0 spiro atoms. The van der Waals surface area contributed by atoms with Crippen molar-refractivity contribution in [3.63, 3.8) is 0 Å². The molecule has 1 N–H and O–H groups in total. The largest absolute Gasteiger partial charge is 0.316 e. The molecule has 0 saturated carbocycles. The number of benzene rings is 2. The molecule has 2 rings (SSSR count). The van der Waals surface area contributed by atoms with Gasteiger partial charge in [0.25, 0.3) is 0 Å². The van der Waals surface area contributed by atoms with Crippen LogP contribution in [-0.2, 0) is 0 Å². The van der Waals surface area contributed by atoms with E-state index in [1.807, 2.05) is 23.9 Å². The summed E-state index contributed by atoms with van der Waals surface area (Å²) in [6, 6.07) is 17.4. The summed E-state index contributed by atoms with van der Waals surface area (Å²) >= 11 is 1.86. The molecule has 0 aliphatic carbocycles. The fourth-order valence-corrected chi connectivity index (χ4v) is 3.29. The lowest BCUT2D eigenvalue weighted by molar-refractivity contribution is 0.576. The van der Waals surface area contributed by atoms with E-state index in [1.54, 1.807) is 12.1 Å². The summed E-state index contributed by atoms with van der Waals surface area (Å²) in [6.07, 6.45) is 1.04. The van der Waals surface area contributed by atoms with E-state index in [-0.39, 0.29) is 5.82 Å².